The standard InChI is InChI=1S/C17H28FN3O.HI/c18-10-5-11-19-17(20-12-9-16-8-4-13-22-16)21-14-15-6-2-1-3-7-15;/h4,8,13,15H,1-3,5-7,9-12,14H2,(H2,19,20,21);1H. The second-order valence-electron chi connectivity index (χ2n) is 5.92. The van der Waals surface area contributed by atoms with Crippen molar-refractivity contribution in [2.45, 2.75) is 44.9 Å². The number of halogens is 2. The van der Waals surface area contributed by atoms with Crippen molar-refractivity contribution >= 4 is 29.9 Å². The fraction of sp³-hybridized carbons (Fsp3) is 0.706. The summed E-state index contributed by atoms with van der Waals surface area (Å²) in [5, 5.41) is 6.52. The quantitative estimate of drug-likeness (QED) is 0.281. The van der Waals surface area contributed by atoms with Crippen LogP contribution in [-0.4, -0.2) is 32.3 Å². The number of guanidine groups is 1. The smallest absolute Gasteiger partial charge is 0.191 e. The van der Waals surface area contributed by atoms with Crippen LogP contribution < -0.4 is 10.6 Å². The van der Waals surface area contributed by atoms with E-state index in [1.807, 2.05) is 12.1 Å². The fourth-order valence-electron chi connectivity index (χ4n) is 2.80. The third-order valence-corrected chi connectivity index (χ3v) is 4.08. The van der Waals surface area contributed by atoms with Gasteiger partial charge in [0.2, 0.25) is 0 Å². The first-order chi connectivity index (χ1) is 10.9. The zero-order chi connectivity index (χ0) is 15.5. The third kappa shape index (κ3) is 8.58. The van der Waals surface area contributed by atoms with E-state index in [0.29, 0.717) is 18.9 Å². The van der Waals surface area contributed by atoms with Crippen LogP contribution in [0.1, 0.15) is 44.3 Å². The Labute approximate surface area is 155 Å². The third-order valence-electron chi connectivity index (χ3n) is 4.08. The molecular formula is C17H29FIN3O. The summed E-state index contributed by atoms with van der Waals surface area (Å²) in [6.07, 6.45) is 9.62. The predicted octanol–water partition coefficient (Wildman–Crippen LogP) is 3.92. The molecule has 1 aliphatic carbocycles. The molecule has 0 amide bonds. The van der Waals surface area contributed by atoms with Gasteiger partial charge in [-0.05, 0) is 37.3 Å². The van der Waals surface area contributed by atoms with Crippen LogP contribution in [0.3, 0.4) is 0 Å². The molecule has 1 aromatic rings. The van der Waals surface area contributed by atoms with Crippen LogP contribution in [0.5, 0.6) is 0 Å². The molecule has 1 fully saturated rings. The minimum Gasteiger partial charge on any atom is -0.469 e. The molecule has 23 heavy (non-hydrogen) atoms. The van der Waals surface area contributed by atoms with Gasteiger partial charge in [0.05, 0.1) is 12.9 Å². The zero-order valence-corrected chi connectivity index (χ0v) is 16.1. The molecule has 0 spiro atoms. The van der Waals surface area contributed by atoms with Crippen molar-refractivity contribution in [1.82, 2.24) is 10.6 Å². The first-order valence-corrected chi connectivity index (χ1v) is 8.49. The molecule has 0 atom stereocenters. The van der Waals surface area contributed by atoms with Crippen molar-refractivity contribution in [1.29, 1.82) is 0 Å². The molecule has 0 unspecified atom stereocenters. The van der Waals surface area contributed by atoms with Crippen LogP contribution >= 0.6 is 24.0 Å². The summed E-state index contributed by atoms with van der Waals surface area (Å²) in [7, 11) is 0. The number of hydrogen-bond donors (Lipinski definition) is 2. The second kappa shape index (κ2) is 12.6. The highest BCUT2D eigenvalue weighted by Crippen LogP contribution is 2.23. The predicted molar refractivity (Wildman–Crippen MR) is 103 cm³/mol. The van der Waals surface area contributed by atoms with E-state index in [0.717, 1.165) is 31.2 Å². The highest BCUT2D eigenvalue weighted by Gasteiger charge is 2.13. The number of alkyl halides is 1. The van der Waals surface area contributed by atoms with Gasteiger partial charge in [0.15, 0.2) is 5.96 Å². The highest BCUT2D eigenvalue weighted by atomic mass is 127. The van der Waals surface area contributed by atoms with Crippen LogP contribution in [0.2, 0.25) is 0 Å². The van der Waals surface area contributed by atoms with Gasteiger partial charge in [0, 0.05) is 26.1 Å². The minimum absolute atomic E-state index is 0. The largest absolute Gasteiger partial charge is 0.469 e. The number of nitrogens with one attached hydrogen (secondary N) is 2. The maximum absolute atomic E-state index is 12.2. The molecule has 132 valence electrons. The van der Waals surface area contributed by atoms with Crippen molar-refractivity contribution in [2.24, 2.45) is 10.9 Å². The number of furan rings is 1. The van der Waals surface area contributed by atoms with Crippen molar-refractivity contribution in [3.63, 3.8) is 0 Å². The molecule has 0 saturated heterocycles. The average Bonchev–Trinajstić information content (AvgIpc) is 3.06. The van der Waals surface area contributed by atoms with Crippen LogP contribution in [-0.2, 0) is 6.42 Å². The van der Waals surface area contributed by atoms with Crippen LogP contribution in [0.4, 0.5) is 4.39 Å². The Morgan fingerprint density at radius 1 is 1.22 bits per heavy atom. The van der Waals surface area contributed by atoms with Gasteiger partial charge in [0.1, 0.15) is 5.76 Å². The number of hydrogen-bond acceptors (Lipinski definition) is 2. The summed E-state index contributed by atoms with van der Waals surface area (Å²) < 4.78 is 17.6. The van der Waals surface area contributed by atoms with Crippen LogP contribution in [0, 0.1) is 5.92 Å². The summed E-state index contributed by atoms with van der Waals surface area (Å²) >= 11 is 0. The van der Waals surface area contributed by atoms with Crippen LogP contribution in [0.15, 0.2) is 27.8 Å². The molecule has 1 aliphatic rings. The zero-order valence-electron chi connectivity index (χ0n) is 13.7. The van der Waals surface area contributed by atoms with Crippen molar-refractivity contribution in [3.05, 3.63) is 24.2 Å². The molecule has 0 aromatic carbocycles. The lowest BCUT2D eigenvalue weighted by atomic mass is 9.89. The molecule has 1 saturated carbocycles. The summed E-state index contributed by atoms with van der Waals surface area (Å²) in [6, 6.07) is 3.87. The lowest BCUT2D eigenvalue weighted by molar-refractivity contribution is 0.366. The number of aliphatic imine (C=N–C) groups is 1. The van der Waals surface area contributed by atoms with E-state index in [1.165, 1.54) is 32.1 Å². The molecule has 0 aliphatic heterocycles. The maximum atomic E-state index is 12.2. The molecule has 1 aromatic heterocycles. The van der Waals surface area contributed by atoms with Gasteiger partial charge < -0.3 is 15.1 Å². The Kier molecular flexibility index (Phi) is 11.1. The fourth-order valence-corrected chi connectivity index (χ4v) is 2.80. The molecular weight excluding hydrogens is 408 g/mol. The Hall–Kier alpha value is -0.790. The summed E-state index contributed by atoms with van der Waals surface area (Å²) in [4.78, 5) is 4.68. The van der Waals surface area contributed by atoms with Gasteiger partial charge in [-0.1, -0.05) is 19.3 Å². The monoisotopic (exact) mass is 437 g/mol. The molecule has 1 heterocycles. The molecule has 4 nitrogen and oxygen atoms in total. The SMILES string of the molecule is FCCCNC(=NCC1CCCCC1)NCCc1ccco1.I. The van der Waals surface area contributed by atoms with Gasteiger partial charge >= 0.3 is 0 Å². The van der Waals surface area contributed by atoms with Gasteiger partial charge in [-0.2, -0.15) is 0 Å². The van der Waals surface area contributed by atoms with Crippen molar-refractivity contribution in [2.75, 3.05) is 26.3 Å². The van der Waals surface area contributed by atoms with E-state index < -0.39 is 0 Å². The van der Waals surface area contributed by atoms with Gasteiger partial charge in [0.25, 0.3) is 0 Å². The minimum atomic E-state index is -0.296. The highest BCUT2D eigenvalue weighted by molar-refractivity contribution is 14.0. The van der Waals surface area contributed by atoms with E-state index >= 15 is 0 Å². The van der Waals surface area contributed by atoms with Crippen molar-refractivity contribution in [3.8, 4) is 0 Å². The topological polar surface area (TPSA) is 49.6 Å². The van der Waals surface area contributed by atoms with Gasteiger partial charge in [-0.3, -0.25) is 9.38 Å². The average molecular weight is 437 g/mol. The molecule has 6 heteroatoms. The van der Waals surface area contributed by atoms with E-state index in [1.54, 1.807) is 6.26 Å². The van der Waals surface area contributed by atoms with E-state index in [9.17, 15) is 4.39 Å². The normalized spacial score (nSPS) is 16.0. The molecule has 2 rings (SSSR count). The molecule has 2 N–H and O–H groups in total. The Balaban J connectivity index is 0.00000264. The summed E-state index contributed by atoms with van der Waals surface area (Å²) in [5.41, 5.74) is 0. The lowest BCUT2D eigenvalue weighted by Gasteiger charge is -2.20. The molecule has 0 radical (unpaired) electrons. The van der Waals surface area contributed by atoms with Crippen LogP contribution in [0.25, 0.3) is 0 Å². The maximum Gasteiger partial charge on any atom is 0.191 e. The van der Waals surface area contributed by atoms with Gasteiger partial charge in [-0.25, -0.2) is 0 Å². The van der Waals surface area contributed by atoms with Gasteiger partial charge in [-0.15, -0.1) is 24.0 Å². The number of nitrogens with zero attached hydrogens (tertiary/aromatic N) is 1. The number of rotatable bonds is 8. The molecule has 0 bridgehead atoms. The lowest BCUT2D eigenvalue weighted by Crippen LogP contribution is -2.39. The summed E-state index contributed by atoms with van der Waals surface area (Å²) in [5.74, 6) is 2.46. The first kappa shape index (κ1) is 20.3. The second-order valence-corrected chi connectivity index (χ2v) is 5.92. The Morgan fingerprint density at radius 3 is 2.70 bits per heavy atom. The first-order valence-electron chi connectivity index (χ1n) is 8.49. The van der Waals surface area contributed by atoms with E-state index in [4.69, 9.17) is 4.42 Å². The van der Waals surface area contributed by atoms with E-state index in [-0.39, 0.29) is 30.7 Å². The Morgan fingerprint density at radius 2 is 2.00 bits per heavy atom. The van der Waals surface area contributed by atoms with E-state index in [2.05, 4.69) is 15.6 Å². The Bertz CT molecular complexity index is 419. The summed E-state index contributed by atoms with van der Waals surface area (Å²) in [6.45, 7) is 1.95. The van der Waals surface area contributed by atoms with Crippen molar-refractivity contribution < 1.29 is 8.81 Å².